The van der Waals surface area contributed by atoms with Crippen LogP contribution in [0.1, 0.15) is 12.8 Å². The van der Waals surface area contributed by atoms with Crippen molar-refractivity contribution in [2.45, 2.75) is 17.9 Å². The monoisotopic (exact) mass is 238 g/mol. The van der Waals surface area contributed by atoms with Crippen molar-refractivity contribution in [3.8, 4) is 0 Å². The second-order valence-corrected chi connectivity index (χ2v) is 4.75. The van der Waals surface area contributed by atoms with Crippen LogP contribution in [0, 0.1) is 0 Å². The lowest BCUT2D eigenvalue weighted by molar-refractivity contribution is 0.352. The lowest BCUT2D eigenvalue weighted by atomic mass is 10.4. The van der Waals surface area contributed by atoms with Gasteiger partial charge in [-0.2, -0.15) is 0 Å². The van der Waals surface area contributed by atoms with Gasteiger partial charge in [-0.3, -0.25) is 0 Å². The first kappa shape index (κ1) is 11.7. The number of thioether (sulfide) groups is 1. The van der Waals surface area contributed by atoms with Crippen molar-refractivity contribution in [2.24, 2.45) is 0 Å². The summed E-state index contributed by atoms with van der Waals surface area (Å²) < 4.78 is 0. The van der Waals surface area contributed by atoms with Crippen molar-refractivity contribution in [3.63, 3.8) is 0 Å². The van der Waals surface area contributed by atoms with E-state index in [1.165, 1.54) is 25.9 Å². The van der Waals surface area contributed by atoms with E-state index in [4.69, 9.17) is 0 Å². The summed E-state index contributed by atoms with van der Waals surface area (Å²) in [7, 11) is 0. The van der Waals surface area contributed by atoms with Crippen molar-refractivity contribution in [2.75, 3.05) is 37.8 Å². The molecule has 0 aliphatic carbocycles. The number of likely N-dealkylation sites (tertiary alicyclic amines) is 1. The molecule has 0 radical (unpaired) electrons. The summed E-state index contributed by atoms with van der Waals surface area (Å²) in [5, 5.41) is 4.35. The zero-order chi connectivity index (χ0) is 11.2. The number of anilines is 1. The number of aromatic nitrogens is 2. The molecule has 88 valence electrons. The molecule has 5 heteroatoms. The summed E-state index contributed by atoms with van der Waals surface area (Å²) in [4.78, 5) is 10.8. The van der Waals surface area contributed by atoms with E-state index in [1.54, 1.807) is 18.1 Å². The molecular weight excluding hydrogens is 220 g/mol. The molecule has 2 heterocycles. The van der Waals surface area contributed by atoms with Gasteiger partial charge in [-0.05, 0) is 32.2 Å². The maximum absolute atomic E-state index is 4.20. The van der Waals surface area contributed by atoms with Gasteiger partial charge in [0.05, 0.1) is 0 Å². The highest BCUT2D eigenvalue weighted by Crippen LogP contribution is 2.13. The molecular formula is C11H18N4S. The Kier molecular flexibility index (Phi) is 4.42. The van der Waals surface area contributed by atoms with Gasteiger partial charge in [0.1, 0.15) is 17.2 Å². The zero-order valence-corrected chi connectivity index (χ0v) is 10.5. The van der Waals surface area contributed by atoms with E-state index in [0.717, 1.165) is 23.9 Å². The van der Waals surface area contributed by atoms with E-state index < -0.39 is 0 Å². The first-order valence-corrected chi connectivity index (χ1v) is 6.93. The van der Waals surface area contributed by atoms with E-state index in [0.29, 0.717) is 0 Å². The Morgan fingerprint density at radius 3 is 2.94 bits per heavy atom. The van der Waals surface area contributed by atoms with Crippen molar-refractivity contribution < 1.29 is 0 Å². The van der Waals surface area contributed by atoms with Crippen LogP contribution in [0.5, 0.6) is 0 Å². The van der Waals surface area contributed by atoms with Crippen molar-refractivity contribution in [1.82, 2.24) is 14.9 Å². The maximum Gasteiger partial charge on any atom is 0.130 e. The summed E-state index contributed by atoms with van der Waals surface area (Å²) in [5.74, 6) is 0.929. The molecule has 2 rings (SSSR count). The Balaban J connectivity index is 1.75. The van der Waals surface area contributed by atoms with Gasteiger partial charge in [-0.25, -0.2) is 9.97 Å². The highest BCUT2D eigenvalue weighted by atomic mass is 32.2. The lowest BCUT2D eigenvalue weighted by Crippen LogP contribution is -2.26. The average Bonchev–Trinajstić information content (AvgIpc) is 2.82. The normalized spacial score (nSPS) is 16.6. The van der Waals surface area contributed by atoms with Crippen LogP contribution in [-0.4, -0.2) is 47.3 Å². The Morgan fingerprint density at radius 1 is 1.38 bits per heavy atom. The van der Waals surface area contributed by atoms with E-state index >= 15 is 0 Å². The Morgan fingerprint density at radius 2 is 2.19 bits per heavy atom. The molecule has 0 unspecified atom stereocenters. The molecule has 4 nitrogen and oxygen atoms in total. The van der Waals surface area contributed by atoms with Crippen LogP contribution in [0.3, 0.4) is 0 Å². The van der Waals surface area contributed by atoms with Gasteiger partial charge in [0, 0.05) is 19.2 Å². The summed E-state index contributed by atoms with van der Waals surface area (Å²) in [6.45, 7) is 4.58. The van der Waals surface area contributed by atoms with Gasteiger partial charge in [0.2, 0.25) is 0 Å². The number of hydrogen-bond acceptors (Lipinski definition) is 5. The molecule has 0 atom stereocenters. The van der Waals surface area contributed by atoms with Gasteiger partial charge < -0.3 is 10.2 Å². The van der Waals surface area contributed by atoms with Crippen molar-refractivity contribution in [3.05, 3.63) is 12.4 Å². The van der Waals surface area contributed by atoms with Crippen LogP contribution in [0.2, 0.25) is 0 Å². The fourth-order valence-electron chi connectivity index (χ4n) is 1.90. The standard InChI is InChI=1S/C11H18N4S/c1-16-11-8-10(13-9-14-11)12-4-7-15-5-2-3-6-15/h8-9H,2-7H2,1H3,(H,12,13,14). The Hall–Kier alpha value is -0.810. The van der Waals surface area contributed by atoms with Crippen LogP contribution in [-0.2, 0) is 0 Å². The highest BCUT2D eigenvalue weighted by molar-refractivity contribution is 7.98. The Labute approximate surface area is 101 Å². The number of rotatable bonds is 5. The highest BCUT2D eigenvalue weighted by Gasteiger charge is 2.10. The first-order chi connectivity index (χ1) is 7.88. The number of nitrogens with zero attached hydrogens (tertiary/aromatic N) is 3. The molecule has 1 aromatic rings. The largest absolute Gasteiger partial charge is 0.369 e. The van der Waals surface area contributed by atoms with E-state index in [-0.39, 0.29) is 0 Å². The van der Waals surface area contributed by atoms with E-state index in [2.05, 4.69) is 20.2 Å². The molecule has 1 saturated heterocycles. The molecule has 16 heavy (non-hydrogen) atoms. The van der Waals surface area contributed by atoms with Crippen LogP contribution < -0.4 is 5.32 Å². The molecule has 1 aromatic heterocycles. The minimum absolute atomic E-state index is 0.929. The first-order valence-electron chi connectivity index (χ1n) is 5.71. The third kappa shape index (κ3) is 3.35. The molecule has 1 fully saturated rings. The SMILES string of the molecule is CSc1cc(NCCN2CCCC2)ncn1. The molecule has 1 aliphatic rings. The third-order valence-electron chi connectivity index (χ3n) is 2.78. The molecule has 1 N–H and O–H groups in total. The van der Waals surface area contributed by atoms with Gasteiger partial charge in [0.15, 0.2) is 0 Å². The quantitative estimate of drug-likeness (QED) is 0.624. The summed E-state index contributed by atoms with van der Waals surface area (Å²) >= 11 is 1.64. The van der Waals surface area contributed by atoms with E-state index in [9.17, 15) is 0 Å². The lowest BCUT2D eigenvalue weighted by Gasteiger charge is -2.14. The predicted molar refractivity (Wildman–Crippen MR) is 68.0 cm³/mol. The van der Waals surface area contributed by atoms with Gasteiger partial charge in [-0.15, -0.1) is 11.8 Å². The topological polar surface area (TPSA) is 41.0 Å². The zero-order valence-electron chi connectivity index (χ0n) is 9.65. The molecule has 1 aliphatic heterocycles. The maximum atomic E-state index is 4.20. The van der Waals surface area contributed by atoms with E-state index in [1.807, 2.05) is 12.3 Å². The van der Waals surface area contributed by atoms with Gasteiger partial charge in [0.25, 0.3) is 0 Å². The minimum Gasteiger partial charge on any atom is -0.369 e. The predicted octanol–water partition coefficient (Wildman–Crippen LogP) is 1.71. The van der Waals surface area contributed by atoms with Crippen LogP contribution >= 0.6 is 11.8 Å². The molecule has 0 spiro atoms. The second-order valence-electron chi connectivity index (χ2n) is 3.92. The third-order valence-corrected chi connectivity index (χ3v) is 3.43. The molecule has 0 saturated carbocycles. The van der Waals surface area contributed by atoms with Crippen LogP contribution in [0.25, 0.3) is 0 Å². The van der Waals surface area contributed by atoms with Crippen molar-refractivity contribution in [1.29, 1.82) is 0 Å². The second kappa shape index (κ2) is 6.06. The summed E-state index contributed by atoms with van der Waals surface area (Å²) in [6, 6.07) is 1.99. The van der Waals surface area contributed by atoms with Gasteiger partial charge >= 0.3 is 0 Å². The number of nitrogens with one attached hydrogen (secondary N) is 1. The smallest absolute Gasteiger partial charge is 0.130 e. The number of hydrogen-bond donors (Lipinski definition) is 1. The Bertz CT molecular complexity index is 326. The minimum atomic E-state index is 0.929. The summed E-state index contributed by atoms with van der Waals surface area (Å²) in [5.41, 5.74) is 0. The average molecular weight is 238 g/mol. The fourth-order valence-corrected chi connectivity index (χ4v) is 2.28. The fraction of sp³-hybridized carbons (Fsp3) is 0.636. The van der Waals surface area contributed by atoms with Crippen molar-refractivity contribution >= 4 is 17.6 Å². The summed E-state index contributed by atoms with van der Waals surface area (Å²) in [6.07, 6.45) is 6.34. The molecule has 0 amide bonds. The van der Waals surface area contributed by atoms with Gasteiger partial charge in [-0.1, -0.05) is 0 Å². The molecule has 0 bridgehead atoms. The molecule has 0 aromatic carbocycles. The van der Waals surface area contributed by atoms with Crippen LogP contribution in [0.15, 0.2) is 17.4 Å². The van der Waals surface area contributed by atoms with Crippen LogP contribution in [0.4, 0.5) is 5.82 Å².